The van der Waals surface area contributed by atoms with Gasteiger partial charge in [-0.2, -0.15) is 4.72 Å². The van der Waals surface area contributed by atoms with Crippen LogP contribution in [0.2, 0.25) is 5.02 Å². The Kier molecular flexibility index (Phi) is 6.54. The molecule has 1 aromatic heterocycles. The highest BCUT2D eigenvalue weighted by Crippen LogP contribution is 2.58. The molecule has 2 atom stereocenters. The molecule has 0 aliphatic heterocycles. The molecule has 1 fully saturated rings. The maximum atomic E-state index is 13.3. The molecule has 0 spiro atoms. The van der Waals surface area contributed by atoms with Gasteiger partial charge in [-0.1, -0.05) is 54.1 Å². The quantitative estimate of drug-likeness (QED) is 0.371. The molecular formula is C23H20ClNO7S2. The van der Waals surface area contributed by atoms with E-state index in [2.05, 4.69) is 4.72 Å². The summed E-state index contributed by atoms with van der Waals surface area (Å²) in [4.78, 5) is 24.0. The molecule has 4 rings (SSSR count). The van der Waals surface area contributed by atoms with E-state index in [0.717, 1.165) is 16.9 Å². The molecule has 178 valence electrons. The number of carbonyl (C=O) groups is 2. The van der Waals surface area contributed by atoms with Gasteiger partial charge in [0.25, 0.3) is 10.0 Å². The zero-order valence-electron chi connectivity index (χ0n) is 17.6. The minimum Gasteiger partial charge on any atom is -0.480 e. The number of sulfonamides is 1. The van der Waals surface area contributed by atoms with Crippen molar-refractivity contribution >= 4 is 44.9 Å². The summed E-state index contributed by atoms with van der Waals surface area (Å²) in [6.45, 7) is -0.912. The summed E-state index contributed by atoms with van der Waals surface area (Å²) in [6, 6.07) is 18.5. The van der Waals surface area contributed by atoms with Crippen LogP contribution in [0.3, 0.4) is 0 Å². The van der Waals surface area contributed by atoms with E-state index in [0.29, 0.717) is 15.5 Å². The summed E-state index contributed by atoms with van der Waals surface area (Å²) in [7, 11) is -4.23. The molecule has 1 saturated carbocycles. The highest BCUT2D eigenvalue weighted by Gasteiger charge is 2.75. The molecule has 0 radical (unpaired) electrons. The van der Waals surface area contributed by atoms with Crippen molar-refractivity contribution in [1.82, 2.24) is 4.72 Å². The fraction of sp³-hybridized carbons (Fsp3) is 0.217. The van der Waals surface area contributed by atoms with Crippen molar-refractivity contribution in [2.45, 2.75) is 21.6 Å². The van der Waals surface area contributed by atoms with Crippen molar-refractivity contribution in [2.24, 2.45) is 0 Å². The summed E-state index contributed by atoms with van der Waals surface area (Å²) in [5.41, 5.74) is -1.84. The van der Waals surface area contributed by atoms with Gasteiger partial charge >= 0.3 is 11.9 Å². The number of carboxylic acids is 2. The Labute approximate surface area is 204 Å². The maximum absolute atomic E-state index is 13.3. The largest absolute Gasteiger partial charge is 0.480 e. The Morgan fingerprint density at radius 1 is 1.03 bits per heavy atom. The van der Waals surface area contributed by atoms with Gasteiger partial charge in [0.1, 0.15) is 16.4 Å². The second-order valence-corrected chi connectivity index (χ2v) is 11.4. The molecule has 3 N–H and O–H groups in total. The van der Waals surface area contributed by atoms with Crippen LogP contribution in [0.25, 0.3) is 10.4 Å². The Hall–Kier alpha value is -2.76. The Balaban J connectivity index is 1.66. The van der Waals surface area contributed by atoms with Crippen molar-refractivity contribution in [3.05, 3.63) is 77.3 Å². The molecule has 0 amide bonds. The zero-order chi connectivity index (χ0) is 24.6. The van der Waals surface area contributed by atoms with Crippen molar-refractivity contribution in [2.75, 3.05) is 13.2 Å². The third-order valence-corrected chi connectivity index (χ3v) is 9.18. The summed E-state index contributed by atoms with van der Waals surface area (Å²) in [5.74, 6) is -2.58. The summed E-state index contributed by atoms with van der Waals surface area (Å²) in [6.07, 6.45) is -0.0897. The first-order valence-electron chi connectivity index (χ1n) is 10.1. The molecule has 1 heterocycles. The second kappa shape index (κ2) is 9.12. The maximum Gasteiger partial charge on any atom is 0.329 e. The van der Waals surface area contributed by atoms with Crippen LogP contribution in [0.1, 0.15) is 12.0 Å². The fourth-order valence-electron chi connectivity index (χ4n) is 4.06. The SMILES string of the molecule is O=C(O)COCC1(c2ccccc2)CC1(NS(=O)(=O)c1ccc(-c2ccc(Cl)cc2)s1)C(=O)O. The summed E-state index contributed by atoms with van der Waals surface area (Å²) in [5, 5.41) is 19.6. The number of carboxylic acid groups (broad SMARTS) is 2. The predicted octanol–water partition coefficient (Wildman–Crippen LogP) is 3.61. The molecule has 1 aliphatic carbocycles. The molecule has 8 nitrogen and oxygen atoms in total. The lowest BCUT2D eigenvalue weighted by Gasteiger charge is -2.24. The van der Waals surface area contributed by atoms with Crippen LogP contribution >= 0.6 is 22.9 Å². The molecular weight excluding hydrogens is 502 g/mol. The average Bonchev–Trinajstić information content (AvgIpc) is 3.16. The van der Waals surface area contributed by atoms with Crippen LogP contribution in [-0.4, -0.2) is 49.3 Å². The third kappa shape index (κ3) is 4.47. The normalized spacial score (nSPS) is 21.8. The summed E-state index contributed by atoms with van der Waals surface area (Å²) >= 11 is 6.92. The van der Waals surface area contributed by atoms with Crippen LogP contribution in [0.4, 0.5) is 0 Å². The lowest BCUT2D eigenvalue weighted by atomic mass is 9.91. The smallest absolute Gasteiger partial charge is 0.329 e. The number of halogens is 1. The van der Waals surface area contributed by atoms with Crippen LogP contribution in [0.5, 0.6) is 0 Å². The van der Waals surface area contributed by atoms with Crippen LogP contribution < -0.4 is 4.72 Å². The fourth-order valence-corrected chi connectivity index (χ4v) is 6.92. The summed E-state index contributed by atoms with van der Waals surface area (Å²) < 4.78 is 34.2. The van der Waals surface area contributed by atoms with Crippen LogP contribution in [-0.2, 0) is 29.8 Å². The molecule has 1 aliphatic rings. The van der Waals surface area contributed by atoms with Gasteiger partial charge in [-0.25, -0.2) is 13.2 Å². The topological polar surface area (TPSA) is 130 Å². The molecule has 2 aromatic carbocycles. The van der Waals surface area contributed by atoms with E-state index in [1.165, 1.54) is 6.07 Å². The third-order valence-electron chi connectivity index (χ3n) is 5.81. The average molecular weight is 522 g/mol. The predicted molar refractivity (Wildman–Crippen MR) is 127 cm³/mol. The molecule has 3 aromatic rings. The van der Waals surface area contributed by atoms with E-state index in [9.17, 15) is 23.1 Å². The van der Waals surface area contributed by atoms with Gasteiger partial charge < -0.3 is 14.9 Å². The van der Waals surface area contributed by atoms with Crippen molar-refractivity contribution in [1.29, 1.82) is 0 Å². The first-order valence-corrected chi connectivity index (χ1v) is 12.8. The minimum atomic E-state index is -4.23. The highest BCUT2D eigenvalue weighted by molar-refractivity contribution is 7.91. The molecule has 2 unspecified atom stereocenters. The molecule has 34 heavy (non-hydrogen) atoms. The molecule has 11 heteroatoms. The minimum absolute atomic E-state index is 0.0432. The van der Waals surface area contributed by atoms with Crippen molar-refractivity contribution in [3.8, 4) is 10.4 Å². The lowest BCUT2D eigenvalue weighted by molar-refractivity contribution is -0.143. The first kappa shape index (κ1) is 24.4. The molecule has 0 bridgehead atoms. The Morgan fingerprint density at radius 2 is 1.71 bits per heavy atom. The van der Waals surface area contributed by atoms with E-state index in [1.54, 1.807) is 60.7 Å². The number of rotatable bonds is 10. The van der Waals surface area contributed by atoms with E-state index >= 15 is 0 Å². The van der Waals surface area contributed by atoms with E-state index < -0.39 is 39.5 Å². The Bertz CT molecular complexity index is 1320. The van der Waals surface area contributed by atoms with Crippen molar-refractivity contribution in [3.63, 3.8) is 0 Å². The van der Waals surface area contributed by atoms with E-state index in [1.807, 2.05) is 0 Å². The number of ether oxygens (including phenoxy) is 1. The van der Waals surface area contributed by atoms with Gasteiger partial charge in [0, 0.05) is 9.90 Å². The number of aliphatic carboxylic acids is 2. The van der Waals surface area contributed by atoms with Gasteiger partial charge in [-0.3, -0.25) is 4.79 Å². The number of hydrogen-bond acceptors (Lipinski definition) is 6. The van der Waals surface area contributed by atoms with Crippen LogP contribution in [0, 0.1) is 0 Å². The van der Waals surface area contributed by atoms with Gasteiger partial charge in [-0.15, -0.1) is 11.3 Å². The standard InChI is InChI=1S/C23H20ClNO7S2/c24-17-8-6-15(7-9-17)18-10-11-20(33-18)34(30,31)25-23(21(28)29)13-22(23,14-32-12-19(26)27)16-4-2-1-3-5-16/h1-11,25H,12-14H2,(H,26,27)(H,28,29). The highest BCUT2D eigenvalue weighted by atomic mass is 35.5. The number of nitrogens with one attached hydrogen (secondary N) is 1. The van der Waals surface area contributed by atoms with Crippen molar-refractivity contribution < 1.29 is 33.0 Å². The van der Waals surface area contributed by atoms with Gasteiger partial charge in [0.05, 0.1) is 12.0 Å². The van der Waals surface area contributed by atoms with Gasteiger partial charge in [-0.05, 0) is 41.8 Å². The first-order chi connectivity index (χ1) is 16.1. The lowest BCUT2D eigenvalue weighted by Crippen LogP contribution is -2.50. The van der Waals surface area contributed by atoms with E-state index in [-0.39, 0.29) is 17.2 Å². The zero-order valence-corrected chi connectivity index (χ0v) is 20.0. The number of hydrogen-bond donors (Lipinski definition) is 3. The molecule has 0 saturated heterocycles. The number of benzene rings is 2. The Morgan fingerprint density at radius 3 is 2.32 bits per heavy atom. The van der Waals surface area contributed by atoms with Crippen LogP contribution in [0.15, 0.2) is 70.9 Å². The van der Waals surface area contributed by atoms with Gasteiger partial charge in [0.2, 0.25) is 0 Å². The second-order valence-electron chi connectivity index (χ2n) is 7.95. The monoisotopic (exact) mass is 521 g/mol. The van der Waals surface area contributed by atoms with Gasteiger partial charge in [0.15, 0.2) is 0 Å². The van der Waals surface area contributed by atoms with E-state index in [4.69, 9.17) is 21.4 Å². The number of thiophene rings is 1.